The lowest BCUT2D eigenvalue weighted by Crippen LogP contribution is -2.04. The maximum atomic E-state index is 11.9. The third kappa shape index (κ3) is 2.84. The van der Waals surface area contributed by atoms with Crippen LogP contribution >= 0.6 is 11.6 Å². The van der Waals surface area contributed by atoms with E-state index in [-0.39, 0.29) is 0 Å². The van der Waals surface area contributed by atoms with Crippen molar-refractivity contribution in [2.45, 2.75) is 4.90 Å². The van der Waals surface area contributed by atoms with E-state index in [2.05, 4.69) is 4.72 Å². The Morgan fingerprint density at radius 3 is 2.44 bits per heavy atom. The van der Waals surface area contributed by atoms with E-state index in [0.717, 1.165) is 5.69 Å². The average Bonchev–Trinajstić information content (AvgIpc) is 2.30. The highest BCUT2D eigenvalue weighted by Gasteiger charge is 2.03. The number of para-hydroxylation sites is 1. The second-order valence-electron chi connectivity index (χ2n) is 3.19. The Kier molecular flexibility index (Phi) is 3.59. The molecule has 0 aliphatic heterocycles. The van der Waals surface area contributed by atoms with Crippen molar-refractivity contribution in [1.29, 1.82) is 0 Å². The van der Waals surface area contributed by atoms with Crippen molar-refractivity contribution >= 4 is 28.3 Å². The molecule has 16 heavy (non-hydrogen) atoms. The fraction of sp³-hybridized carbons (Fsp3) is 0. The highest BCUT2D eigenvalue weighted by atomic mass is 35.5. The normalized spacial score (nSPS) is 12.1. The van der Waals surface area contributed by atoms with Crippen molar-refractivity contribution in [3.63, 3.8) is 0 Å². The Morgan fingerprint density at radius 1 is 1.00 bits per heavy atom. The third-order valence-electron chi connectivity index (χ3n) is 1.99. The van der Waals surface area contributed by atoms with E-state index in [9.17, 15) is 4.21 Å². The van der Waals surface area contributed by atoms with Crippen LogP contribution in [0.25, 0.3) is 0 Å². The predicted octanol–water partition coefficient (Wildman–Crippen LogP) is 3.47. The van der Waals surface area contributed by atoms with E-state index >= 15 is 0 Å². The molecule has 0 bridgehead atoms. The molecule has 0 spiro atoms. The average molecular weight is 252 g/mol. The summed E-state index contributed by atoms with van der Waals surface area (Å²) in [7, 11) is -1.28. The molecule has 1 N–H and O–H groups in total. The summed E-state index contributed by atoms with van der Waals surface area (Å²) in [5.74, 6) is 0. The number of hydrogen-bond acceptors (Lipinski definition) is 1. The van der Waals surface area contributed by atoms with Crippen LogP contribution in [0.2, 0.25) is 5.02 Å². The molecule has 82 valence electrons. The molecule has 0 aliphatic carbocycles. The van der Waals surface area contributed by atoms with Crippen molar-refractivity contribution in [3.8, 4) is 0 Å². The molecule has 4 heteroatoms. The minimum absolute atomic E-state index is 0.584. The van der Waals surface area contributed by atoms with Gasteiger partial charge in [-0.25, -0.2) is 4.21 Å². The molecule has 2 aromatic rings. The van der Waals surface area contributed by atoms with Crippen LogP contribution in [0.1, 0.15) is 0 Å². The summed E-state index contributed by atoms with van der Waals surface area (Å²) in [6.07, 6.45) is 0. The van der Waals surface area contributed by atoms with Gasteiger partial charge in [0.15, 0.2) is 0 Å². The van der Waals surface area contributed by atoms with E-state index in [1.807, 2.05) is 30.3 Å². The van der Waals surface area contributed by atoms with Crippen molar-refractivity contribution in [2.24, 2.45) is 0 Å². The van der Waals surface area contributed by atoms with Crippen LogP contribution < -0.4 is 4.72 Å². The Balaban J connectivity index is 2.15. The quantitative estimate of drug-likeness (QED) is 0.889. The first-order chi connectivity index (χ1) is 7.75. The molecule has 0 amide bonds. The maximum absolute atomic E-state index is 11.9. The molecule has 0 saturated heterocycles. The van der Waals surface area contributed by atoms with Gasteiger partial charge in [-0.05, 0) is 30.3 Å². The zero-order valence-electron chi connectivity index (χ0n) is 8.39. The van der Waals surface area contributed by atoms with Crippen LogP contribution in [-0.2, 0) is 11.0 Å². The summed E-state index contributed by atoms with van der Waals surface area (Å²) in [6, 6.07) is 16.4. The number of anilines is 1. The Hall–Kier alpha value is -1.32. The lowest BCUT2D eigenvalue weighted by Gasteiger charge is -2.05. The standard InChI is InChI=1S/C12H10ClNOS/c13-10-5-4-8-12(9-10)16(15)14-11-6-2-1-3-7-11/h1-9,14H. The fourth-order valence-electron chi connectivity index (χ4n) is 1.25. The lowest BCUT2D eigenvalue weighted by molar-refractivity contribution is 0.686. The first kappa shape index (κ1) is 11.2. The summed E-state index contributed by atoms with van der Waals surface area (Å²) in [5.41, 5.74) is 0.820. The van der Waals surface area contributed by atoms with Gasteiger partial charge in [-0.2, -0.15) is 0 Å². The zero-order chi connectivity index (χ0) is 11.4. The van der Waals surface area contributed by atoms with Gasteiger partial charge in [0.25, 0.3) is 0 Å². The SMILES string of the molecule is O=S(Nc1ccccc1)c1cccc(Cl)c1. The molecule has 0 aliphatic rings. The predicted molar refractivity (Wildman–Crippen MR) is 67.9 cm³/mol. The van der Waals surface area contributed by atoms with Gasteiger partial charge in [0.1, 0.15) is 11.0 Å². The molecule has 0 saturated carbocycles. The van der Waals surface area contributed by atoms with Gasteiger partial charge >= 0.3 is 0 Å². The van der Waals surface area contributed by atoms with Gasteiger partial charge in [0.2, 0.25) is 0 Å². The molecule has 2 aromatic carbocycles. The molecule has 1 atom stereocenters. The van der Waals surface area contributed by atoms with Crippen LogP contribution in [0.15, 0.2) is 59.5 Å². The first-order valence-corrected chi connectivity index (χ1v) is 6.27. The Morgan fingerprint density at radius 2 is 1.75 bits per heavy atom. The number of hydrogen-bond donors (Lipinski definition) is 1. The van der Waals surface area contributed by atoms with Gasteiger partial charge in [0.05, 0.1) is 4.90 Å². The van der Waals surface area contributed by atoms with E-state index in [1.165, 1.54) is 0 Å². The molecule has 0 fully saturated rings. The first-order valence-electron chi connectivity index (χ1n) is 4.75. The molecule has 2 rings (SSSR count). The molecule has 2 nitrogen and oxygen atoms in total. The summed E-state index contributed by atoms with van der Waals surface area (Å²) in [6.45, 7) is 0. The number of halogens is 1. The topological polar surface area (TPSA) is 29.1 Å². The van der Waals surface area contributed by atoms with Crippen molar-refractivity contribution in [3.05, 3.63) is 59.6 Å². The Labute approximate surface area is 102 Å². The molecule has 0 heterocycles. The van der Waals surface area contributed by atoms with Crippen LogP contribution in [-0.4, -0.2) is 4.21 Å². The molecular weight excluding hydrogens is 242 g/mol. The molecular formula is C12H10ClNOS. The Bertz CT molecular complexity index is 501. The van der Waals surface area contributed by atoms with Gasteiger partial charge in [-0.3, -0.25) is 0 Å². The molecule has 1 unspecified atom stereocenters. The summed E-state index contributed by atoms with van der Waals surface area (Å²) < 4.78 is 14.8. The van der Waals surface area contributed by atoms with E-state index in [1.54, 1.807) is 24.3 Å². The van der Waals surface area contributed by atoms with Gasteiger partial charge in [-0.1, -0.05) is 35.9 Å². The summed E-state index contributed by atoms with van der Waals surface area (Å²) >= 11 is 5.83. The minimum Gasteiger partial charge on any atom is -0.301 e. The summed E-state index contributed by atoms with van der Waals surface area (Å²) in [4.78, 5) is 0.663. The smallest absolute Gasteiger partial charge is 0.150 e. The van der Waals surface area contributed by atoms with Gasteiger partial charge < -0.3 is 4.72 Å². The van der Waals surface area contributed by atoms with E-state index in [4.69, 9.17) is 11.6 Å². The lowest BCUT2D eigenvalue weighted by atomic mass is 10.3. The second-order valence-corrected chi connectivity index (χ2v) is 4.84. The highest BCUT2D eigenvalue weighted by molar-refractivity contribution is 7.86. The van der Waals surface area contributed by atoms with Gasteiger partial charge in [0, 0.05) is 10.7 Å². The second kappa shape index (κ2) is 5.14. The molecule has 0 radical (unpaired) electrons. The van der Waals surface area contributed by atoms with Gasteiger partial charge in [-0.15, -0.1) is 0 Å². The van der Waals surface area contributed by atoms with Crippen LogP contribution in [0.5, 0.6) is 0 Å². The zero-order valence-corrected chi connectivity index (χ0v) is 9.96. The largest absolute Gasteiger partial charge is 0.301 e. The fourth-order valence-corrected chi connectivity index (χ4v) is 2.41. The maximum Gasteiger partial charge on any atom is 0.150 e. The van der Waals surface area contributed by atoms with E-state index < -0.39 is 11.0 Å². The van der Waals surface area contributed by atoms with Crippen LogP contribution in [0, 0.1) is 0 Å². The number of nitrogens with one attached hydrogen (secondary N) is 1. The number of benzene rings is 2. The monoisotopic (exact) mass is 251 g/mol. The third-order valence-corrected chi connectivity index (χ3v) is 3.33. The van der Waals surface area contributed by atoms with Crippen LogP contribution in [0.3, 0.4) is 0 Å². The minimum atomic E-state index is -1.28. The van der Waals surface area contributed by atoms with E-state index in [0.29, 0.717) is 9.92 Å². The van der Waals surface area contributed by atoms with Crippen molar-refractivity contribution < 1.29 is 4.21 Å². The molecule has 0 aromatic heterocycles. The highest BCUT2D eigenvalue weighted by Crippen LogP contribution is 2.16. The number of rotatable bonds is 3. The van der Waals surface area contributed by atoms with Crippen molar-refractivity contribution in [1.82, 2.24) is 0 Å². The van der Waals surface area contributed by atoms with Crippen molar-refractivity contribution in [2.75, 3.05) is 4.72 Å². The van der Waals surface area contributed by atoms with Crippen LogP contribution in [0.4, 0.5) is 5.69 Å². The summed E-state index contributed by atoms with van der Waals surface area (Å²) in [5, 5.41) is 0.584.